The maximum Gasteiger partial charge on any atom is 0.113 e. The van der Waals surface area contributed by atoms with Gasteiger partial charge in [-0.3, -0.25) is 0 Å². The Bertz CT molecular complexity index is 1000. The Kier molecular flexibility index (Phi) is 2.74. The van der Waals surface area contributed by atoms with Crippen LogP contribution in [0.15, 0.2) is 48.5 Å². The van der Waals surface area contributed by atoms with Crippen molar-refractivity contribution in [3.05, 3.63) is 59.7 Å². The topological polar surface area (TPSA) is 80.9 Å². The summed E-state index contributed by atoms with van der Waals surface area (Å²) in [6, 6.07) is 15.7. The van der Waals surface area contributed by atoms with Crippen molar-refractivity contribution < 1.29 is 20.4 Å². The fourth-order valence-corrected chi connectivity index (χ4v) is 4.25. The third-order valence-electron chi connectivity index (χ3n) is 5.34. The molecule has 0 radical (unpaired) electrons. The van der Waals surface area contributed by atoms with Crippen LogP contribution in [-0.2, 0) is 0 Å². The van der Waals surface area contributed by atoms with Crippen LogP contribution in [-0.4, -0.2) is 32.6 Å². The van der Waals surface area contributed by atoms with E-state index in [4.69, 9.17) is 0 Å². The molecule has 0 amide bonds. The van der Waals surface area contributed by atoms with E-state index in [0.29, 0.717) is 11.1 Å². The highest BCUT2D eigenvalue weighted by Crippen LogP contribution is 2.47. The Morgan fingerprint density at radius 3 is 1.38 bits per heavy atom. The molecular weight excluding hydrogens is 304 g/mol. The van der Waals surface area contributed by atoms with Crippen molar-refractivity contribution in [3.8, 4) is 0 Å². The minimum atomic E-state index is -1.42. The molecule has 0 unspecified atom stereocenters. The van der Waals surface area contributed by atoms with Crippen LogP contribution < -0.4 is 0 Å². The molecule has 1 aliphatic rings. The van der Waals surface area contributed by atoms with Gasteiger partial charge in [-0.05, 0) is 43.4 Å². The fraction of sp³-hybridized carbons (Fsp3) is 0.200. The van der Waals surface area contributed by atoms with E-state index in [2.05, 4.69) is 0 Å². The molecule has 0 saturated heterocycles. The predicted octanol–water partition coefficient (Wildman–Crippen LogP) is 2.39. The molecule has 4 aromatic carbocycles. The molecule has 4 atom stereocenters. The first-order valence-corrected chi connectivity index (χ1v) is 8.01. The third kappa shape index (κ3) is 1.56. The van der Waals surface area contributed by atoms with E-state index in [1.54, 1.807) is 0 Å². The lowest BCUT2D eigenvalue weighted by Crippen LogP contribution is -2.41. The molecule has 0 heterocycles. The average molecular weight is 320 g/mol. The van der Waals surface area contributed by atoms with Crippen LogP contribution in [0.1, 0.15) is 23.3 Å². The number of hydrogen-bond donors (Lipinski definition) is 4. The minimum absolute atomic E-state index is 0.511. The molecule has 120 valence electrons. The fourth-order valence-electron chi connectivity index (χ4n) is 4.25. The second-order valence-electron chi connectivity index (χ2n) is 6.57. The van der Waals surface area contributed by atoms with Crippen LogP contribution in [0.3, 0.4) is 0 Å². The summed E-state index contributed by atoms with van der Waals surface area (Å²) in [6.45, 7) is 0. The maximum atomic E-state index is 10.6. The van der Waals surface area contributed by atoms with E-state index in [0.717, 1.165) is 32.3 Å². The molecule has 4 heteroatoms. The van der Waals surface area contributed by atoms with Gasteiger partial charge in [0, 0.05) is 0 Å². The van der Waals surface area contributed by atoms with Crippen molar-refractivity contribution >= 4 is 32.3 Å². The zero-order chi connectivity index (χ0) is 16.6. The van der Waals surface area contributed by atoms with Crippen LogP contribution in [0, 0.1) is 0 Å². The monoisotopic (exact) mass is 320 g/mol. The molecule has 24 heavy (non-hydrogen) atoms. The summed E-state index contributed by atoms with van der Waals surface area (Å²) in [5.41, 5.74) is 1.02. The van der Waals surface area contributed by atoms with E-state index in [-0.39, 0.29) is 0 Å². The normalized spacial score (nSPS) is 27.2. The van der Waals surface area contributed by atoms with Crippen molar-refractivity contribution in [2.24, 2.45) is 0 Å². The van der Waals surface area contributed by atoms with Gasteiger partial charge in [-0.1, -0.05) is 48.5 Å². The summed E-state index contributed by atoms with van der Waals surface area (Å²) in [7, 11) is 0. The first kappa shape index (κ1) is 14.1. The van der Waals surface area contributed by atoms with Crippen LogP contribution >= 0.6 is 0 Å². The lowest BCUT2D eigenvalue weighted by Gasteiger charge is -2.36. The first-order chi connectivity index (χ1) is 11.6. The van der Waals surface area contributed by atoms with E-state index in [1.807, 2.05) is 48.5 Å². The largest absolute Gasteiger partial charge is 0.387 e. The molecular formula is C20H16O4. The van der Waals surface area contributed by atoms with E-state index in [1.165, 1.54) is 0 Å². The van der Waals surface area contributed by atoms with Gasteiger partial charge in [-0.25, -0.2) is 0 Å². The number of benzene rings is 4. The zero-order valence-corrected chi connectivity index (χ0v) is 12.7. The number of fused-ring (bicyclic) bond motifs is 3. The van der Waals surface area contributed by atoms with Gasteiger partial charge in [0.2, 0.25) is 0 Å². The number of aliphatic hydroxyl groups excluding tert-OH is 4. The zero-order valence-electron chi connectivity index (χ0n) is 12.7. The van der Waals surface area contributed by atoms with Crippen molar-refractivity contribution in [2.75, 3.05) is 0 Å². The second kappa shape index (κ2) is 4.65. The Morgan fingerprint density at radius 2 is 0.958 bits per heavy atom. The summed E-state index contributed by atoms with van der Waals surface area (Å²) >= 11 is 0. The average Bonchev–Trinajstić information content (AvgIpc) is 2.62. The molecule has 0 aromatic heterocycles. The summed E-state index contributed by atoms with van der Waals surface area (Å²) in [5.74, 6) is 0. The number of hydrogen-bond acceptors (Lipinski definition) is 4. The quantitative estimate of drug-likeness (QED) is 0.375. The highest BCUT2D eigenvalue weighted by molar-refractivity contribution is 6.25. The van der Waals surface area contributed by atoms with Crippen molar-refractivity contribution in [2.45, 2.75) is 24.4 Å². The van der Waals surface area contributed by atoms with Crippen LogP contribution in [0.4, 0.5) is 0 Å². The van der Waals surface area contributed by atoms with Gasteiger partial charge >= 0.3 is 0 Å². The number of rotatable bonds is 0. The number of aliphatic hydroxyl groups is 4. The summed E-state index contributed by atoms with van der Waals surface area (Å²) in [5, 5.41) is 47.3. The van der Waals surface area contributed by atoms with Gasteiger partial charge < -0.3 is 20.4 Å². The van der Waals surface area contributed by atoms with Crippen LogP contribution in [0.25, 0.3) is 32.3 Å². The molecule has 0 spiro atoms. The Labute approximate surface area is 137 Å². The van der Waals surface area contributed by atoms with Gasteiger partial charge in [-0.2, -0.15) is 0 Å². The Hall–Kier alpha value is -2.24. The summed E-state index contributed by atoms with van der Waals surface area (Å²) in [4.78, 5) is 0. The molecule has 1 aliphatic carbocycles. The third-order valence-corrected chi connectivity index (χ3v) is 5.34. The van der Waals surface area contributed by atoms with Crippen molar-refractivity contribution in [3.63, 3.8) is 0 Å². The Balaban J connectivity index is 2.11. The summed E-state index contributed by atoms with van der Waals surface area (Å²) in [6.07, 6.45) is -5.32. The van der Waals surface area contributed by atoms with Gasteiger partial charge in [0.1, 0.15) is 24.4 Å². The maximum absolute atomic E-state index is 10.6. The van der Waals surface area contributed by atoms with Crippen LogP contribution in [0.5, 0.6) is 0 Å². The smallest absolute Gasteiger partial charge is 0.113 e. The predicted molar refractivity (Wildman–Crippen MR) is 92.1 cm³/mol. The molecule has 0 aliphatic heterocycles. The minimum Gasteiger partial charge on any atom is -0.387 e. The highest BCUT2D eigenvalue weighted by atomic mass is 16.4. The molecule has 0 saturated carbocycles. The van der Waals surface area contributed by atoms with Gasteiger partial charge in [0.25, 0.3) is 0 Å². The lowest BCUT2D eigenvalue weighted by molar-refractivity contribution is -0.119. The highest BCUT2D eigenvalue weighted by Gasteiger charge is 2.42. The summed E-state index contributed by atoms with van der Waals surface area (Å²) < 4.78 is 0. The molecule has 4 nitrogen and oxygen atoms in total. The van der Waals surface area contributed by atoms with Gasteiger partial charge in [-0.15, -0.1) is 0 Å². The molecule has 4 aromatic rings. The molecule has 0 bridgehead atoms. The van der Waals surface area contributed by atoms with E-state index >= 15 is 0 Å². The Morgan fingerprint density at radius 1 is 0.542 bits per heavy atom. The standard InChI is InChI=1S/C20H16O4/c21-17-15-11-5-1-3-9-7-8-10-4-2-6-12(14(10)13(9)11)16(15)18(22)20(24)19(17)23/h1-8,17-24H/t17-,18-,19-,20+/m0/s1. The van der Waals surface area contributed by atoms with Crippen molar-refractivity contribution in [1.29, 1.82) is 0 Å². The lowest BCUT2D eigenvalue weighted by atomic mass is 9.76. The molecule has 0 fully saturated rings. The molecule has 5 rings (SSSR count). The van der Waals surface area contributed by atoms with E-state index < -0.39 is 24.4 Å². The van der Waals surface area contributed by atoms with Crippen molar-refractivity contribution in [1.82, 2.24) is 0 Å². The van der Waals surface area contributed by atoms with E-state index in [9.17, 15) is 20.4 Å². The van der Waals surface area contributed by atoms with Gasteiger partial charge in [0.15, 0.2) is 0 Å². The second-order valence-corrected chi connectivity index (χ2v) is 6.57. The van der Waals surface area contributed by atoms with Crippen LogP contribution in [0.2, 0.25) is 0 Å². The SMILES string of the molecule is O[C@@H]1[C@H](O)[C@@H](O)c2c(c3cccc4ccc5cccc2c5c43)[C@@H]1O. The van der Waals surface area contributed by atoms with Gasteiger partial charge in [0.05, 0.1) is 0 Å². The first-order valence-electron chi connectivity index (χ1n) is 8.01. The molecule has 4 N–H and O–H groups in total.